The highest BCUT2D eigenvalue weighted by molar-refractivity contribution is 5.95. The van der Waals surface area contributed by atoms with Gasteiger partial charge in [0.2, 0.25) is 11.8 Å². The summed E-state index contributed by atoms with van der Waals surface area (Å²) < 4.78 is 0. The van der Waals surface area contributed by atoms with Crippen molar-refractivity contribution in [3.05, 3.63) is 29.3 Å². The molecular weight excluding hydrogens is 248 g/mol. The molecule has 0 saturated heterocycles. The Morgan fingerprint density at radius 1 is 1.26 bits per heavy atom. The minimum absolute atomic E-state index is 0.0347. The van der Waals surface area contributed by atoms with Gasteiger partial charge < -0.3 is 16.2 Å². The number of amides is 2. The number of carbonyl (C=O) groups is 3. The van der Waals surface area contributed by atoms with E-state index in [2.05, 4.69) is 5.32 Å². The van der Waals surface area contributed by atoms with Gasteiger partial charge in [0.25, 0.3) is 0 Å². The molecule has 6 nitrogen and oxygen atoms in total. The van der Waals surface area contributed by atoms with Gasteiger partial charge in [-0.2, -0.15) is 0 Å². The average Bonchev–Trinajstić information content (AvgIpc) is 2.31. The quantitative estimate of drug-likeness (QED) is 0.719. The standard InChI is InChI=1S/C13H16N2O4/c1-8-7-9(13(14)19)5-6-10(8)15-11(16)3-2-4-12(17)18/h5-7H,2-4H2,1H3,(H2,14,19)(H,15,16)(H,17,18). The van der Waals surface area contributed by atoms with Crippen molar-refractivity contribution in [2.24, 2.45) is 5.73 Å². The average molecular weight is 264 g/mol. The van der Waals surface area contributed by atoms with Gasteiger partial charge in [0.1, 0.15) is 0 Å². The van der Waals surface area contributed by atoms with Gasteiger partial charge in [-0.3, -0.25) is 14.4 Å². The minimum atomic E-state index is -0.921. The van der Waals surface area contributed by atoms with Gasteiger partial charge in [-0.05, 0) is 37.1 Å². The first-order chi connectivity index (χ1) is 8.90. The molecule has 0 spiro atoms. The fraction of sp³-hybridized carbons (Fsp3) is 0.308. The molecule has 1 aromatic rings. The molecule has 0 bridgehead atoms. The molecule has 102 valence electrons. The van der Waals surface area contributed by atoms with Crippen molar-refractivity contribution in [2.75, 3.05) is 5.32 Å². The predicted octanol–water partition coefficient (Wildman–Crippen LogP) is 1.29. The zero-order valence-electron chi connectivity index (χ0n) is 10.6. The number of hydrogen-bond donors (Lipinski definition) is 3. The number of carboxylic acids is 1. The highest BCUT2D eigenvalue weighted by Gasteiger charge is 2.08. The summed E-state index contributed by atoms with van der Waals surface area (Å²) >= 11 is 0. The summed E-state index contributed by atoms with van der Waals surface area (Å²) in [6.45, 7) is 1.75. The van der Waals surface area contributed by atoms with E-state index in [0.717, 1.165) is 5.56 Å². The second-order valence-electron chi connectivity index (χ2n) is 4.19. The molecule has 0 heterocycles. The van der Waals surface area contributed by atoms with Crippen LogP contribution in [0.3, 0.4) is 0 Å². The number of carbonyl (C=O) groups excluding carboxylic acids is 2. The molecule has 0 atom stereocenters. The van der Waals surface area contributed by atoms with E-state index in [0.29, 0.717) is 17.7 Å². The van der Waals surface area contributed by atoms with Gasteiger partial charge in [-0.1, -0.05) is 0 Å². The Bertz CT molecular complexity index is 511. The fourth-order valence-electron chi connectivity index (χ4n) is 1.57. The third-order valence-corrected chi connectivity index (χ3v) is 2.58. The molecule has 0 aliphatic heterocycles. The van der Waals surface area contributed by atoms with Crippen LogP contribution >= 0.6 is 0 Å². The number of carboxylic acid groups (broad SMARTS) is 1. The Morgan fingerprint density at radius 3 is 2.47 bits per heavy atom. The molecule has 0 aliphatic carbocycles. The molecule has 19 heavy (non-hydrogen) atoms. The number of aliphatic carboxylic acids is 1. The fourth-order valence-corrected chi connectivity index (χ4v) is 1.57. The van der Waals surface area contributed by atoms with Crippen molar-refractivity contribution in [2.45, 2.75) is 26.2 Å². The monoisotopic (exact) mass is 264 g/mol. The molecule has 0 unspecified atom stereocenters. The second kappa shape index (κ2) is 6.53. The lowest BCUT2D eigenvalue weighted by Crippen LogP contribution is -2.14. The topological polar surface area (TPSA) is 109 Å². The molecule has 1 aromatic carbocycles. The van der Waals surface area contributed by atoms with Crippen molar-refractivity contribution >= 4 is 23.5 Å². The molecule has 4 N–H and O–H groups in total. The van der Waals surface area contributed by atoms with Crippen LogP contribution in [0.15, 0.2) is 18.2 Å². The van der Waals surface area contributed by atoms with Crippen LogP contribution in [0.2, 0.25) is 0 Å². The number of nitrogens with two attached hydrogens (primary N) is 1. The Labute approximate surface area is 110 Å². The van der Waals surface area contributed by atoms with Crippen LogP contribution in [-0.2, 0) is 9.59 Å². The molecular formula is C13H16N2O4. The predicted molar refractivity (Wildman–Crippen MR) is 69.8 cm³/mol. The maximum atomic E-state index is 11.6. The van der Waals surface area contributed by atoms with Gasteiger partial charge in [-0.25, -0.2) is 0 Å². The van der Waals surface area contributed by atoms with Crippen LogP contribution < -0.4 is 11.1 Å². The first kappa shape index (κ1) is 14.7. The van der Waals surface area contributed by atoms with Gasteiger partial charge in [0, 0.05) is 24.1 Å². The largest absolute Gasteiger partial charge is 0.481 e. The second-order valence-corrected chi connectivity index (χ2v) is 4.19. The lowest BCUT2D eigenvalue weighted by Gasteiger charge is -2.09. The normalized spacial score (nSPS) is 9.95. The molecule has 0 radical (unpaired) electrons. The van der Waals surface area contributed by atoms with E-state index in [1.165, 1.54) is 6.07 Å². The zero-order chi connectivity index (χ0) is 14.4. The molecule has 2 amide bonds. The van der Waals surface area contributed by atoms with Gasteiger partial charge >= 0.3 is 5.97 Å². The van der Waals surface area contributed by atoms with Crippen LogP contribution in [0.5, 0.6) is 0 Å². The van der Waals surface area contributed by atoms with E-state index in [1.54, 1.807) is 19.1 Å². The number of benzene rings is 1. The summed E-state index contributed by atoms with van der Waals surface area (Å²) in [5.41, 5.74) is 6.84. The smallest absolute Gasteiger partial charge is 0.303 e. The Balaban J connectivity index is 2.59. The van der Waals surface area contributed by atoms with Crippen molar-refractivity contribution < 1.29 is 19.5 Å². The van der Waals surface area contributed by atoms with Crippen LogP contribution in [-0.4, -0.2) is 22.9 Å². The van der Waals surface area contributed by atoms with Crippen LogP contribution in [0.4, 0.5) is 5.69 Å². The van der Waals surface area contributed by atoms with Gasteiger partial charge in [0.05, 0.1) is 0 Å². The summed E-state index contributed by atoms with van der Waals surface area (Å²) in [7, 11) is 0. The highest BCUT2D eigenvalue weighted by Crippen LogP contribution is 2.16. The highest BCUT2D eigenvalue weighted by atomic mass is 16.4. The summed E-state index contributed by atoms with van der Waals surface area (Å²) in [5.74, 6) is -1.70. The van der Waals surface area contributed by atoms with Gasteiger partial charge in [0.15, 0.2) is 0 Å². The third-order valence-electron chi connectivity index (χ3n) is 2.58. The maximum Gasteiger partial charge on any atom is 0.303 e. The van der Waals surface area contributed by atoms with Crippen LogP contribution in [0.25, 0.3) is 0 Å². The number of aryl methyl sites for hydroxylation is 1. The first-order valence-electron chi connectivity index (χ1n) is 5.82. The van der Waals surface area contributed by atoms with E-state index in [-0.39, 0.29) is 18.7 Å². The summed E-state index contributed by atoms with van der Waals surface area (Å²) in [4.78, 5) is 32.9. The van der Waals surface area contributed by atoms with E-state index < -0.39 is 11.9 Å². The van der Waals surface area contributed by atoms with Gasteiger partial charge in [-0.15, -0.1) is 0 Å². The Hall–Kier alpha value is -2.37. The molecule has 0 fully saturated rings. The minimum Gasteiger partial charge on any atom is -0.481 e. The lowest BCUT2D eigenvalue weighted by molar-refractivity contribution is -0.137. The zero-order valence-corrected chi connectivity index (χ0v) is 10.6. The number of nitrogens with one attached hydrogen (secondary N) is 1. The Morgan fingerprint density at radius 2 is 1.95 bits per heavy atom. The summed E-state index contributed by atoms with van der Waals surface area (Å²) in [6, 6.07) is 4.72. The number of anilines is 1. The van der Waals surface area contributed by atoms with Crippen molar-refractivity contribution in [1.29, 1.82) is 0 Å². The van der Waals surface area contributed by atoms with Crippen molar-refractivity contribution in [3.63, 3.8) is 0 Å². The maximum absolute atomic E-state index is 11.6. The van der Waals surface area contributed by atoms with E-state index in [4.69, 9.17) is 10.8 Å². The summed E-state index contributed by atoms with van der Waals surface area (Å²) in [5, 5.41) is 11.1. The number of hydrogen-bond acceptors (Lipinski definition) is 3. The number of primary amides is 1. The van der Waals surface area contributed by atoms with Crippen LogP contribution in [0, 0.1) is 6.92 Å². The molecule has 0 aliphatic rings. The lowest BCUT2D eigenvalue weighted by atomic mass is 10.1. The number of rotatable bonds is 6. The molecule has 6 heteroatoms. The third kappa shape index (κ3) is 4.79. The van der Waals surface area contributed by atoms with E-state index in [1.807, 2.05) is 0 Å². The van der Waals surface area contributed by atoms with Crippen LogP contribution in [0.1, 0.15) is 35.2 Å². The van der Waals surface area contributed by atoms with Crippen molar-refractivity contribution in [1.82, 2.24) is 0 Å². The first-order valence-corrected chi connectivity index (χ1v) is 5.82. The molecule has 0 saturated carbocycles. The molecule has 0 aromatic heterocycles. The SMILES string of the molecule is Cc1cc(C(N)=O)ccc1NC(=O)CCCC(=O)O. The van der Waals surface area contributed by atoms with E-state index in [9.17, 15) is 14.4 Å². The van der Waals surface area contributed by atoms with E-state index >= 15 is 0 Å². The molecule has 1 rings (SSSR count). The summed E-state index contributed by atoms with van der Waals surface area (Å²) in [6.07, 6.45) is 0.399. The van der Waals surface area contributed by atoms with Crippen molar-refractivity contribution in [3.8, 4) is 0 Å². The Kier molecular flexibility index (Phi) is 5.05.